The molecule has 3 aromatic rings. The van der Waals surface area contributed by atoms with E-state index < -0.39 is 0 Å². The lowest BCUT2D eigenvalue weighted by Crippen LogP contribution is -2.21. The quantitative estimate of drug-likeness (QED) is 0.477. The highest BCUT2D eigenvalue weighted by molar-refractivity contribution is 7.99. The maximum Gasteiger partial charge on any atom is 0.255 e. The van der Waals surface area contributed by atoms with Gasteiger partial charge in [0, 0.05) is 43.7 Å². The minimum Gasteiger partial charge on any atom is -0.322 e. The first-order valence-corrected chi connectivity index (χ1v) is 10.2. The molecule has 5 heteroatoms. The molecular formula is C24H19NO3S. The van der Waals surface area contributed by atoms with Gasteiger partial charge in [-0.1, -0.05) is 38.1 Å². The van der Waals surface area contributed by atoms with Gasteiger partial charge in [0.1, 0.15) is 0 Å². The first-order chi connectivity index (χ1) is 13.9. The molecule has 0 saturated carbocycles. The number of thioether (sulfide) groups is 1. The number of hydrogen-bond donors (Lipinski definition) is 1. The van der Waals surface area contributed by atoms with Crippen molar-refractivity contribution in [1.82, 2.24) is 0 Å². The van der Waals surface area contributed by atoms with Crippen LogP contribution in [0.15, 0.2) is 71.6 Å². The summed E-state index contributed by atoms with van der Waals surface area (Å²) in [4.78, 5) is 39.2. The third-order valence-corrected chi connectivity index (χ3v) is 5.69. The van der Waals surface area contributed by atoms with Crippen molar-refractivity contribution in [2.24, 2.45) is 0 Å². The van der Waals surface area contributed by atoms with Gasteiger partial charge in [0.25, 0.3) is 5.91 Å². The van der Waals surface area contributed by atoms with Crippen molar-refractivity contribution in [3.05, 3.63) is 94.5 Å². The van der Waals surface area contributed by atoms with E-state index in [1.165, 1.54) is 0 Å². The summed E-state index contributed by atoms with van der Waals surface area (Å²) in [6.45, 7) is 4.23. The molecule has 4 nitrogen and oxygen atoms in total. The van der Waals surface area contributed by atoms with E-state index in [0.29, 0.717) is 38.8 Å². The zero-order chi connectivity index (χ0) is 20.5. The van der Waals surface area contributed by atoms with Gasteiger partial charge < -0.3 is 5.32 Å². The Morgan fingerprint density at radius 1 is 0.793 bits per heavy atom. The van der Waals surface area contributed by atoms with Crippen LogP contribution in [0.3, 0.4) is 0 Å². The highest BCUT2D eigenvalue weighted by Crippen LogP contribution is 2.29. The van der Waals surface area contributed by atoms with Crippen molar-refractivity contribution in [3.63, 3.8) is 0 Å². The number of rotatable bonds is 4. The summed E-state index contributed by atoms with van der Waals surface area (Å²) >= 11 is 1.73. The summed E-state index contributed by atoms with van der Waals surface area (Å²) in [5.74, 6) is -0.645. The molecule has 29 heavy (non-hydrogen) atoms. The minimum atomic E-state index is -0.263. The lowest BCUT2D eigenvalue weighted by molar-refractivity contribution is 0.0979. The number of amides is 1. The highest BCUT2D eigenvalue weighted by Gasteiger charge is 2.29. The Balaban J connectivity index is 1.57. The number of carbonyl (C=O) groups is 3. The fraction of sp³-hybridized carbons (Fsp3) is 0.125. The van der Waals surface area contributed by atoms with E-state index in [1.54, 1.807) is 66.4 Å². The molecule has 0 spiro atoms. The molecule has 0 radical (unpaired) electrons. The zero-order valence-corrected chi connectivity index (χ0v) is 16.9. The summed E-state index contributed by atoms with van der Waals surface area (Å²) in [6, 6.07) is 19.0. The van der Waals surface area contributed by atoms with Crippen LogP contribution < -0.4 is 5.32 Å². The van der Waals surface area contributed by atoms with Crippen LogP contribution in [-0.4, -0.2) is 22.7 Å². The summed E-state index contributed by atoms with van der Waals surface area (Å²) in [5.41, 5.74) is 2.50. The van der Waals surface area contributed by atoms with Crippen molar-refractivity contribution in [2.75, 3.05) is 5.32 Å². The summed E-state index contributed by atoms with van der Waals surface area (Å²) in [6.07, 6.45) is 0. The monoisotopic (exact) mass is 401 g/mol. The second kappa shape index (κ2) is 7.68. The van der Waals surface area contributed by atoms with Crippen molar-refractivity contribution < 1.29 is 14.4 Å². The maximum atomic E-state index is 12.8. The normalized spacial score (nSPS) is 12.5. The molecule has 0 unspecified atom stereocenters. The molecule has 0 heterocycles. The minimum absolute atomic E-state index is 0.175. The molecule has 1 aliphatic rings. The van der Waals surface area contributed by atoms with Crippen molar-refractivity contribution in [3.8, 4) is 0 Å². The van der Waals surface area contributed by atoms with Crippen molar-refractivity contribution >= 4 is 34.9 Å². The Hall–Kier alpha value is -3.18. The van der Waals surface area contributed by atoms with Gasteiger partial charge >= 0.3 is 0 Å². The number of fused-ring (bicyclic) bond motifs is 2. The molecule has 3 aromatic carbocycles. The molecule has 1 N–H and O–H groups in total. The molecular weight excluding hydrogens is 382 g/mol. The summed E-state index contributed by atoms with van der Waals surface area (Å²) in [5, 5.41) is 3.29. The molecule has 0 saturated heterocycles. The van der Waals surface area contributed by atoms with Gasteiger partial charge in [-0.25, -0.2) is 0 Å². The van der Waals surface area contributed by atoms with Crippen LogP contribution >= 0.6 is 11.8 Å². The second-order valence-corrected chi connectivity index (χ2v) is 8.76. The number of ketones is 2. The van der Waals surface area contributed by atoms with E-state index in [2.05, 4.69) is 19.2 Å². The van der Waals surface area contributed by atoms with Crippen LogP contribution in [0, 0.1) is 0 Å². The Labute approximate surface area is 173 Å². The number of carbonyl (C=O) groups excluding carboxylic acids is 3. The molecule has 4 rings (SSSR count). The van der Waals surface area contributed by atoms with E-state index in [0.717, 1.165) is 4.90 Å². The lowest BCUT2D eigenvalue weighted by atomic mass is 9.84. The maximum absolute atomic E-state index is 12.8. The molecule has 0 bridgehead atoms. The van der Waals surface area contributed by atoms with Gasteiger partial charge in [0.05, 0.1) is 0 Å². The smallest absolute Gasteiger partial charge is 0.255 e. The van der Waals surface area contributed by atoms with Gasteiger partial charge in [0.15, 0.2) is 11.6 Å². The molecule has 0 aromatic heterocycles. The van der Waals surface area contributed by atoms with Crippen molar-refractivity contribution in [1.29, 1.82) is 0 Å². The summed E-state index contributed by atoms with van der Waals surface area (Å²) < 4.78 is 0. The molecule has 0 fully saturated rings. The van der Waals surface area contributed by atoms with E-state index >= 15 is 0 Å². The van der Waals surface area contributed by atoms with E-state index in [1.807, 2.05) is 12.1 Å². The Bertz CT molecular complexity index is 1130. The van der Waals surface area contributed by atoms with Gasteiger partial charge in [-0.2, -0.15) is 0 Å². The first kappa shape index (κ1) is 19.2. The number of hydrogen-bond acceptors (Lipinski definition) is 4. The lowest BCUT2D eigenvalue weighted by Gasteiger charge is -2.18. The third-order valence-electron chi connectivity index (χ3n) is 4.67. The topological polar surface area (TPSA) is 63.2 Å². The number of anilines is 1. The van der Waals surface area contributed by atoms with E-state index in [9.17, 15) is 14.4 Å². The van der Waals surface area contributed by atoms with Crippen LogP contribution in [0.4, 0.5) is 5.69 Å². The van der Waals surface area contributed by atoms with Crippen molar-refractivity contribution in [2.45, 2.75) is 24.0 Å². The SMILES string of the molecule is CC(C)Sc1ccc(C(=O)Nc2ccc3c(c2)C(=O)c2ccccc2C3=O)cc1. The molecule has 0 aliphatic heterocycles. The average molecular weight is 401 g/mol. The predicted octanol–water partition coefficient (Wildman–Crippen LogP) is 5.21. The average Bonchev–Trinajstić information content (AvgIpc) is 2.72. The molecule has 1 aliphatic carbocycles. The Morgan fingerprint density at radius 3 is 2.00 bits per heavy atom. The predicted molar refractivity (Wildman–Crippen MR) is 115 cm³/mol. The second-order valence-electron chi connectivity index (χ2n) is 7.11. The highest BCUT2D eigenvalue weighted by atomic mass is 32.2. The van der Waals surface area contributed by atoms with Crippen LogP contribution in [-0.2, 0) is 0 Å². The standard InChI is InChI=1S/C24H19NO3S/c1-14(2)29-17-10-7-15(8-11-17)24(28)25-16-9-12-20-21(13-16)23(27)19-6-4-3-5-18(19)22(20)26/h3-14H,1-2H3,(H,25,28). The van der Waals surface area contributed by atoms with Crippen LogP contribution in [0.1, 0.15) is 56.0 Å². The van der Waals surface area contributed by atoms with E-state index in [-0.39, 0.29) is 17.5 Å². The van der Waals surface area contributed by atoms with Crippen LogP contribution in [0.5, 0.6) is 0 Å². The number of benzene rings is 3. The summed E-state index contributed by atoms with van der Waals surface area (Å²) in [7, 11) is 0. The molecule has 1 amide bonds. The van der Waals surface area contributed by atoms with E-state index in [4.69, 9.17) is 0 Å². The largest absolute Gasteiger partial charge is 0.322 e. The Kier molecular flexibility index (Phi) is 5.07. The van der Waals surface area contributed by atoms with Gasteiger partial charge in [0.2, 0.25) is 0 Å². The molecule has 0 atom stereocenters. The van der Waals surface area contributed by atoms with Gasteiger partial charge in [-0.3, -0.25) is 14.4 Å². The fourth-order valence-corrected chi connectivity index (χ4v) is 4.18. The van der Waals surface area contributed by atoms with Gasteiger partial charge in [-0.15, -0.1) is 11.8 Å². The van der Waals surface area contributed by atoms with Crippen LogP contribution in [0.2, 0.25) is 0 Å². The van der Waals surface area contributed by atoms with Gasteiger partial charge in [-0.05, 0) is 42.5 Å². The first-order valence-electron chi connectivity index (χ1n) is 9.34. The third kappa shape index (κ3) is 3.74. The number of nitrogens with one attached hydrogen (secondary N) is 1. The fourth-order valence-electron chi connectivity index (χ4n) is 3.34. The Morgan fingerprint density at radius 2 is 1.38 bits per heavy atom. The van der Waals surface area contributed by atoms with Crippen LogP contribution in [0.25, 0.3) is 0 Å². The zero-order valence-electron chi connectivity index (χ0n) is 16.1. The molecule has 144 valence electrons.